The van der Waals surface area contributed by atoms with Gasteiger partial charge in [-0.2, -0.15) is 13.2 Å². The number of halogens is 4. The Balaban J connectivity index is 3.25. The molecule has 1 N–H and O–H groups in total. The zero-order chi connectivity index (χ0) is 14.1. The lowest BCUT2D eigenvalue weighted by molar-refractivity contribution is -0.138. The van der Waals surface area contributed by atoms with E-state index >= 15 is 0 Å². The van der Waals surface area contributed by atoms with Gasteiger partial charge in [-0.05, 0) is 23.8 Å². The van der Waals surface area contributed by atoms with Crippen LogP contribution in [0.3, 0.4) is 0 Å². The lowest BCUT2D eigenvalue weighted by Crippen LogP contribution is -2.22. The van der Waals surface area contributed by atoms with Crippen molar-refractivity contribution in [3.05, 3.63) is 34.3 Å². The number of alkyl halides is 3. The van der Waals surface area contributed by atoms with E-state index < -0.39 is 23.1 Å². The van der Waals surface area contributed by atoms with Gasteiger partial charge < -0.3 is 5.11 Å². The third kappa shape index (κ3) is 3.63. The van der Waals surface area contributed by atoms with Crippen LogP contribution in [0.2, 0.25) is 5.02 Å². The summed E-state index contributed by atoms with van der Waals surface area (Å²) in [5.41, 5.74) is -1.54. The molecule has 0 heterocycles. The minimum absolute atomic E-state index is 0.0571. The van der Waals surface area contributed by atoms with Crippen molar-refractivity contribution in [2.45, 2.75) is 31.9 Å². The van der Waals surface area contributed by atoms with Crippen LogP contribution in [-0.4, -0.2) is 11.1 Å². The van der Waals surface area contributed by atoms with Crippen LogP contribution in [0.15, 0.2) is 18.2 Å². The van der Waals surface area contributed by atoms with Gasteiger partial charge in [0, 0.05) is 10.4 Å². The SMILES string of the molecule is CC(C)(CC(=O)O)c1cc(Cl)cc(C(F)(F)F)c1. The zero-order valence-electron chi connectivity index (χ0n) is 9.81. The summed E-state index contributed by atoms with van der Waals surface area (Å²) in [6, 6.07) is 3.12. The molecular formula is C12H12ClF3O2. The van der Waals surface area contributed by atoms with Gasteiger partial charge in [-0.1, -0.05) is 25.4 Å². The van der Waals surface area contributed by atoms with Gasteiger partial charge in [0.05, 0.1) is 12.0 Å². The van der Waals surface area contributed by atoms with E-state index in [0.29, 0.717) is 0 Å². The number of hydrogen-bond acceptors (Lipinski definition) is 1. The van der Waals surface area contributed by atoms with Crippen molar-refractivity contribution in [3.8, 4) is 0 Å². The highest BCUT2D eigenvalue weighted by atomic mass is 35.5. The Hall–Kier alpha value is -1.23. The molecule has 2 nitrogen and oxygen atoms in total. The van der Waals surface area contributed by atoms with E-state index in [4.69, 9.17) is 16.7 Å². The van der Waals surface area contributed by atoms with Crippen LogP contribution in [0.1, 0.15) is 31.4 Å². The van der Waals surface area contributed by atoms with Gasteiger partial charge in [-0.15, -0.1) is 0 Å². The van der Waals surface area contributed by atoms with Crippen LogP contribution in [0.5, 0.6) is 0 Å². The van der Waals surface area contributed by atoms with E-state index in [9.17, 15) is 18.0 Å². The molecule has 0 aromatic heterocycles. The van der Waals surface area contributed by atoms with Gasteiger partial charge in [0.1, 0.15) is 0 Å². The molecule has 0 bridgehead atoms. The summed E-state index contributed by atoms with van der Waals surface area (Å²) in [4.78, 5) is 10.7. The molecule has 0 radical (unpaired) electrons. The zero-order valence-corrected chi connectivity index (χ0v) is 10.6. The maximum absolute atomic E-state index is 12.6. The average Bonchev–Trinajstić information content (AvgIpc) is 2.13. The highest BCUT2D eigenvalue weighted by Gasteiger charge is 2.33. The molecule has 1 aromatic rings. The number of aliphatic carboxylic acids is 1. The minimum Gasteiger partial charge on any atom is -0.481 e. The molecule has 0 saturated carbocycles. The lowest BCUT2D eigenvalue weighted by Gasteiger charge is -2.24. The molecule has 0 spiro atoms. The molecule has 0 aliphatic rings. The fourth-order valence-corrected chi connectivity index (χ4v) is 1.86. The highest BCUT2D eigenvalue weighted by Crippen LogP contribution is 2.36. The third-order valence-electron chi connectivity index (χ3n) is 2.60. The quantitative estimate of drug-likeness (QED) is 0.904. The summed E-state index contributed by atoms with van der Waals surface area (Å²) >= 11 is 5.65. The van der Waals surface area contributed by atoms with E-state index in [2.05, 4.69) is 0 Å². The van der Waals surface area contributed by atoms with Crippen LogP contribution in [0.25, 0.3) is 0 Å². The highest BCUT2D eigenvalue weighted by molar-refractivity contribution is 6.30. The molecule has 0 aliphatic heterocycles. The maximum Gasteiger partial charge on any atom is 0.416 e. The van der Waals surface area contributed by atoms with Crippen molar-refractivity contribution in [1.29, 1.82) is 0 Å². The second-order valence-corrected chi connectivity index (χ2v) is 5.12. The number of carbonyl (C=O) groups is 1. The van der Waals surface area contributed by atoms with Crippen LogP contribution in [0, 0.1) is 0 Å². The summed E-state index contributed by atoms with van der Waals surface area (Å²) in [5.74, 6) is -1.08. The van der Waals surface area contributed by atoms with E-state index in [1.807, 2.05) is 0 Å². The van der Waals surface area contributed by atoms with E-state index in [1.165, 1.54) is 6.07 Å². The Morgan fingerprint density at radius 2 is 1.72 bits per heavy atom. The summed E-state index contributed by atoms with van der Waals surface area (Å²) in [7, 11) is 0. The number of rotatable bonds is 3. The Bertz CT molecular complexity index is 467. The molecule has 0 amide bonds. The first kappa shape index (κ1) is 14.8. The average molecular weight is 281 g/mol. The molecule has 0 fully saturated rings. The first-order valence-corrected chi connectivity index (χ1v) is 5.50. The summed E-state index contributed by atoms with van der Waals surface area (Å²) < 4.78 is 37.9. The molecular weight excluding hydrogens is 269 g/mol. The van der Waals surface area contributed by atoms with Gasteiger partial charge in [-0.3, -0.25) is 4.79 Å². The Morgan fingerprint density at radius 1 is 1.22 bits per heavy atom. The number of hydrogen-bond donors (Lipinski definition) is 1. The first-order valence-electron chi connectivity index (χ1n) is 5.12. The topological polar surface area (TPSA) is 37.3 Å². The fraction of sp³-hybridized carbons (Fsp3) is 0.417. The van der Waals surface area contributed by atoms with Crippen LogP contribution >= 0.6 is 11.6 Å². The number of benzene rings is 1. The predicted molar refractivity (Wildman–Crippen MR) is 61.7 cm³/mol. The van der Waals surface area contributed by atoms with Crippen molar-refractivity contribution in [2.75, 3.05) is 0 Å². The van der Waals surface area contributed by atoms with Crippen LogP contribution < -0.4 is 0 Å². The molecule has 0 atom stereocenters. The van der Waals surface area contributed by atoms with Gasteiger partial charge in [0.2, 0.25) is 0 Å². The standard InChI is InChI=1S/C12H12ClF3O2/c1-11(2,6-10(17)18)7-3-8(12(14,15)16)5-9(13)4-7/h3-5H,6H2,1-2H3,(H,17,18). The molecule has 100 valence electrons. The van der Waals surface area contributed by atoms with E-state index in [0.717, 1.165) is 12.1 Å². The van der Waals surface area contributed by atoms with Crippen molar-refractivity contribution in [2.24, 2.45) is 0 Å². The van der Waals surface area contributed by atoms with Gasteiger partial charge >= 0.3 is 12.1 Å². The van der Waals surface area contributed by atoms with Crippen LogP contribution in [-0.2, 0) is 16.4 Å². The Labute approximate surface area is 107 Å². The smallest absolute Gasteiger partial charge is 0.416 e. The summed E-state index contributed by atoms with van der Waals surface area (Å²) in [5, 5.41) is 8.70. The van der Waals surface area contributed by atoms with Crippen LogP contribution in [0.4, 0.5) is 13.2 Å². The second-order valence-electron chi connectivity index (χ2n) is 4.68. The molecule has 1 aromatic carbocycles. The molecule has 1 rings (SSSR count). The molecule has 0 unspecified atom stereocenters. The predicted octanol–water partition coefficient (Wildman–Crippen LogP) is 4.11. The Kier molecular flexibility index (Phi) is 3.96. The summed E-state index contributed by atoms with van der Waals surface area (Å²) in [6.45, 7) is 3.12. The monoisotopic (exact) mass is 280 g/mol. The van der Waals surface area contributed by atoms with E-state index in [-0.39, 0.29) is 17.0 Å². The lowest BCUT2D eigenvalue weighted by atomic mass is 9.81. The van der Waals surface area contributed by atoms with Gasteiger partial charge in [0.15, 0.2) is 0 Å². The van der Waals surface area contributed by atoms with E-state index in [1.54, 1.807) is 13.8 Å². The third-order valence-corrected chi connectivity index (χ3v) is 2.82. The maximum atomic E-state index is 12.6. The van der Waals surface area contributed by atoms with Crippen molar-refractivity contribution in [1.82, 2.24) is 0 Å². The molecule has 0 saturated heterocycles. The fourth-order valence-electron chi connectivity index (χ4n) is 1.62. The normalized spacial score (nSPS) is 12.6. The van der Waals surface area contributed by atoms with Crippen molar-refractivity contribution in [3.63, 3.8) is 0 Å². The number of carboxylic acid groups (broad SMARTS) is 1. The first-order chi connectivity index (χ1) is 8.02. The van der Waals surface area contributed by atoms with Crippen molar-refractivity contribution >= 4 is 17.6 Å². The minimum atomic E-state index is -4.50. The second kappa shape index (κ2) is 4.80. The molecule has 0 aliphatic carbocycles. The molecule has 6 heteroatoms. The summed E-state index contributed by atoms with van der Waals surface area (Å²) in [6.07, 6.45) is -4.77. The van der Waals surface area contributed by atoms with Gasteiger partial charge in [0.25, 0.3) is 0 Å². The van der Waals surface area contributed by atoms with Gasteiger partial charge in [-0.25, -0.2) is 0 Å². The molecule has 18 heavy (non-hydrogen) atoms. The Morgan fingerprint density at radius 3 is 2.17 bits per heavy atom. The van der Waals surface area contributed by atoms with Crippen molar-refractivity contribution < 1.29 is 23.1 Å². The number of carboxylic acids is 1. The largest absolute Gasteiger partial charge is 0.481 e.